The summed E-state index contributed by atoms with van der Waals surface area (Å²) in [5.41, 5.74) is 3.31. The van der Waals surface area contributed by atoms with E-state index in [0.717, 1.165) is 16.9 Å². The third-order valence-electron chi connectivity index (χ3n) is 4.81. The maximum absolute atomic E-state index is 13.8. The van der Waals surface area contributed by atoms with E-state index in [4.69, 9.17) is 14.0 Å². The zero-order valence-electron chi connectivity index (χ0n) is 16.6. The highest BCUT2D eigenvalue weighted by Gasteiger charge is 2.20. The summed E-state index contributed by atoms with van der Waals surface area (Å²) < 4.78 is 30.1. The highest BCUT2D eigenvalue weighted by atomic mass is 19.1. The molecule has 152 valence electrons. The largest absolute Gasteiger partial charge is 0.507 e. The molecule has 0 fully saturated rings. The minimum Gasteiger partial charge on any atom is -0.507 e. The Morgan fingerprint density at radius 1 is 1.00 bits per heavy atom. The van der Waals surface area contributed by atoms with E-state index in [1.807, 2.05) is 31.2 Å². The van der Waals surface area contributed by atoms with Crippen LogP contribution >= 0.6 is 0 Å². The Morgan fingerprint density at radius 3 is 2.43 bits per heavy atom. The minimum atomic E-state index is -0.334. The summed E-state index contributed by atoms with van der Waals surface area (Å²) in [6, 6.07) is 18.8. The molecular weight excluding hydrogens is 385 g/mol. The molecule has 30 heavy (non-hydrogen) atoms. The van der Waals surface area contributed by atoms with Crippen LogP contribution in [0.3, 0.4) is 0 Å². The SMILES string of the molecule is COc1ccc(-c2c(C)noc2-c2ccc(OCc3ccccc3F)cc2O)cc1. The van der Waals surface area contributed by atoms with Crippen molar-refractivity contribution in [3.8, 4) is 39.7 Å². The molecule has 0 amide bonds. The minimum absolute atomic E-state index is 0.0213. The third-order valence-corrected chi connectivity index (χ3v) is 4.81. The van der Waals surface area contributed by atoms with Gasteiger partial charge < -0.3 is 19.1 Å². The van der Waals surface area contributed by atoms with Crippen LogP contribution in [0.5, 0.6) is 17.2 Å². The van der Waals surface area contributed by atoms with E-state index in [1.54, 1.807) is 37.4 Å². The maximum Gasteiger partial charge on any atom is 0.178 e. The molecule has 1 aromatic heterocycles. The number of hydrogen-bond acceptors (Lipinski definition) is 5. The number of nitrogens with zero attached hydrogens (tertiary/aromatic N) is 1. The molecule has 0 aliphatic heterocycles. The van der Waals surface area contributed by atoms with Crippen molar-refractivity contribution in [1.29, 1.82) is 0 Å². The number of aryl methyl sites for hydroxylation is 1. The fraction of sp³-hybridized carbons (Fsp3) is 0.125. The van der Waals surface area contributed by atoms with Crippen molar-refractivity contribution in [2.75, 3.05) is 7.11 Å². The lowest BCUT2D eigenvalue weighted by Gasteiger charge is -2.10. The molecular formula is C24H20FNO4. The fourth-order valence-corrected chi connectivity index (χ4v) is 3.22. The number of phenolic OH excluding ortho intramolecular Hbond substituents is 1. The normalized spacial score (nSPS) is 10.8. The summed E-state index contributed by atoms with van der Waals surface area (Å²) in [5, 5.41) is 14.7. The van der Waals surface area contributed by atoms with Crippen LogP contribution < -0.4 is 9.47 Å². The summed E-state index contributed by atoms with van der Waals surface area (Å²) in [5.74, 6) is 1.26. The summed E-state index contributed by atoms with van der Waals surface area (Å²) in [6.07, 6.45) is 0. The van der Waals surface area contributed by atoms with Gasteiger partial charge in [0.1, 0.15) is 29.7 Å². The van der Waals surface area contributed by atoms with Crippen LogP contribution in [-0.4, -0.2) is 17.4 Å². The van der Waals surface area contributed by atoms with Gasteiger partial charge in [-0.3, -0.25) is 0 Å². The predicted octanol–water partition coefficient (Wildman–Crippen LogP) is 5.75. The van der Waals surface area contributed by atoms with Gasteiger partial charge in [-0.05, 0) is 42.8 Å². The Kier molecular flexibility index (Phi) is 5.39. The van der Waals surface area contributed by atoms with Crippen molar-refractivity contribution in [3.63, 3.8) is 0 Å². The Bertz CT molecular complexity index is 1170. The van der Waals surface area contributed by atoms with Crippen molar-refractivity contribution in [2.24, 2.45) is 0 Å². The van der Waals surface area contributed by atoms with Crippen molar-refractivity contribution in [1.82, 2.24) is 5.16 Å². The van der Waals surface area contributed by atoms with Crippen LogP contribution in [0.1, 0.15) is 11.3 Å². The molecule has 4 rings (SSSR count). The van der Waals surface area contributed by atoms with Crippen LogP contribution in [0.2, 0.25) is 0 Å². The molecule has 0 radical (unpaired) electrons. The fourth-order valence-electron chi connectivity index (χ4n) is 3.22. The third kappa shape index (κ3) is 3.85. The molecule has 1 heterocycles. The Balaban J connectivity index is 1.61. The summed E-state index contributed by atoms with van der Waals surface area (Å²) in [7, 11) is 1.61. The van der Waals surface area contributed by atoms with E-state index >= 15 is 0 Å². The van der Waals surface area contributed by atoms with Crippen molar-refractivity contribution < 1.29 is 23.5 Å². The molecule has 0 aliphatic carbocycles. The van der Waals surface area contributed by atoms with Gasteiger partial charge in [0.15, 0.2) is 5.76 Å². The molecule has 4 aromatic rings. The second-order valence-electron chi connectivity index (χ2n) is 6.76. The second kappa shape index (κ2) is 8.29. The lowest BCUT2D eigenvalue weighted by atomic mass is 9.99. The molecule has 0 aliphatic rings. The molecule has 0 unspecified atom stereocenters. The van der Waals surface area contributed by atoms with E-state index in [-0.39, 0.29) is 18.2 Å². The van der Waals surface area contributed by atoms with Gasteiger partial charge in [0, 0.05) is 11.6 Å². The number of methoxy groups -OCH3 is 1. The van der Waals surface area contributed by atoms with Crippen LogP contribution in [0, 0.1) is 12.7 Å². The van der Waals surface area contributed by atoms with Gasteiger partial charge in [-0.1, -0.05) is 35.5 Å². The van der Waals surface area contributed by atoms with Gasteiger partial charge in [0.25, 0.3) is 0 Å². The van der Waals surface area contributed by atoms with Gasteiger partial charge >= 0.3 is 0 Å². The molecule has 1 N–H and O–H groups in total. The van der Waals surface area contributed by atoms with E-state index in [1.165, 1.54) is 12.1 Å². The second-order valence-corrected chi connectivity index (χ2v) is 6.76. The lowest BCUT2D eigenvalue weighted by molar-refractivity contribution is 0.298. The van der Waals surface area contributed by atoms with E-state index in [2.05, 4.69) is 5.16 Å². The van der Waals surface area contributed by atoms with Gasteiger partial charge in [-0.15, -0.1) is 0 Å². The van der Waals surface area contributed by atoms with E-state index in [0.29, 0.717) is 28.3 Å². The Morgan fingerprint density at radius 2 is 1.73 bits per heavy atom. The van der Waals surface area contributed by atoms with Gasteiger partial charge in [0.05, 0.1) is 23.9 Å². The van der Waals surface area contributed by atoms with Crippen LogP contribution in [0.15, 0.2) is 71.3 Å². The van der Waals surface area contributed by atoms with E-state index in [9.17, 15) is 9.50 Å². The summed E-state index contributed by atoms with van der Waals surface area (Å²) >= 11 is 0. The van der Waals surface area contributed by atoms with Gasteiger partial charge in [0.2, 0.25) is 0 Å². The number of hydrogen-bond donors (Lipinski definition) is 1. The van der Waals surface area contributed by atoms with Gasteiger partial charge in [-0.25, -0.2) is 4.39 Å². The number of halogens is 1. The summed E-state index contributed by atoms with van der Waals surface area (Å²) in [4.78, 5) is 0. The molecule has 6 heteroatoms. The molecule has 0 saturated heterocycles. The van der Waals surface area contributed by atoms with Crippen LogP contribution in [0.4, 0.5) is 4.39 Å². The monoisotopic (exact) mass is 405 g/mol. The van der Waals surface area contributed by atoms with Gasteiger partial charge in [-0.2, -0.15) is 0 Å². The standard InChI is InChI=1S/C24H20FNO4/c1-15-23(16-7-9-18(28-2)10-8-16)24(30-26-15)20-12-11-19(13-22(20)27)29-14-17-5-3-4-6-21(17)25/h3-13,27H,14H2,1-2H3. The quantitative estimate of drug-likeness (QED) is 0.443. The molecule has 5 nitrogen and oxygen atoms in total. The number of aromatic hydroxyl groups is 1. The van der Waals surface area contributed by atoms with Crippen molar-refractivity contribution >= 4 is 0 Å². The predicted molar refractivity (Wildman–Crippen MR) is 111 cm³/mol. The topological polar surface area (TPSA) is 64.7 Å². The highest BCUT2D eigenvalue weighted by molar-refractivity contribution is 5.84. The summed E-state index contributed by atoms with van der Waals surface area (Å²) in [6.45, 7) is 1.90. The Labute approximate surface area is 173 Å². The maximum atomic E-state index is 13.8. The number of aromatic nitrogens is 1. The molecule has 3 aromatic carbocycles. The van der Waals surface area contributed by atoms with Crippen molar-refractivity contribution in [3.05, 3.63) is 83.8 Å². The first-order valence-corrected chi connectivity index (χ1v) is 9.37. The number of benzene rings is 3. The molecule has 0 spiro atoms. The molecule has 0 bridgehead atoms. The number of phenols is 1. The molecule has 0 atom stereocenters. The highest BCUT2D eigenvalue weighted by Crippen LogP contribution is 2.40. The first-order chi connectivity index (χ1) is 14.6. The Hall–Kier alpha value is -3.80. The number of rotatable bonds is 6. The van der Waals surface area contributed by atoms with E-state index < -0.39 is 0 Å². The average molecular weight is 405 g/mol. The van der Waals surface area contributed by atoms with Crippen LogP contribution in [0.25, 0.3) is 22.5 Å². The first kappa shape index (κ1) is 19.5. The first-order valence-electron chi connectivity index (χ1n) is 9.37. The molecule has 0 saturated carbocycles. The zero-order valence-corrected chi connectivity index (χ0v) is 16.6. The lowest BCUT2D eigenvalue weighted by Crippen LogP contribution is -1.98. The smallest absolute Gasteiger partial charge is 0.178 e. The van der Waals surface area contributed by atoms with Crippen molar-refractivity contribution in [2.45, 2.75) is 13.5 Å². The zero-order chi connectivity index (χ0) is 21.1. The van der Waals surface area contributed by atoms with Crippen LogP contribution in [-0.2, 0) is 6.61 Å². The average Bonchev–Trinajstić information content (AvgIpc) is 3.14. The number of ether oxygens (including phenoxy) is 2.